The Kier molecular flexibility index (Phi) is 3.81. The maximum absolute atomic E-state index is 13.4. The summed E-state index contributed by atoms with van der Waals surface area (Å²) in [6, 6.07) is 16.8. The van der Waals surface area contributed by atoms with Crippen LogP contribution in [-0.4, -0.2) is 28.5 Å². The Hall–Kier alpha value is -3.05. The predicted octanol–water partition coefficient (Wildman–Crippen LogP) is 1.37. The molecule has 0 bridgehead atoms. The molecule has 3 heterocycles. The smallest absolute Gasteiger partial charge is 0.240 e. The first-order valence-corrected chi connectivity index (χ1v) is 9.61. The number of benzene rings is 2. The molecule has 1 N–H and O–H groups in total. The highest BCUT2D eigenvalue weighted by molar-refractivity contribution is 6.08. The minimum absolute atomic E-state index is 0.0424. The van der Waals surface area contributed by atoms with Gasteiger partial charge in [-0.2, -0.15) is 0 Å². The minimum Gasteiger partial charge on any atom is -0.293 e. The van der Waals surface area contributed by atoms with E-state index in [1.165, 1.54) is 11.8 Å². The summed E-state index contributed by atoms with van der Waals surface area (Å²) in [6.45, 7) is 1.79. The summed E-state index contributed by atoms with van der Waals surface area (Å²) in [4.78, 5) is 41.5. The third kappa shape index (κ3) is 2.33. The van der Waals surface area contributed by atoms with Crippen LogP contribution < -0.4 is 4.90 Å². The summed E-state index contributed by atoms with van der Waals surface area (Å²) in [5.41, 5.74) is 3.01. The first-order valence-electron chi connectivity index (χ1n) is 9.61. The molecular formula is C23H21N2O3+. The number of quaternary nitrogens is 1. The van der Waals surface area contributed by atoms with Gasteiger partial charge in [-0.1, -0.05) is 54.6 Å². The summed E-state index contributed by atoms with van der Waals surface area (Å²) in [5.74, 6) is -1.50. The van der Waals surface area contributed by atoms with Crippen molar-refractivity contribution in [2.45, 2.75) is 25.6 Å². The first kappa shape index (κ1) is 17.1. The normalized spacial score (nSPS) is 30.2. The van der Waals surface area contributed by atoms with Gasteiger partial charge in [0, 0.05) is 12.5 Å². The SMILES string of the molecule is CC(=O)[C@H]1[C@@H]2C(=O)N(Cc3ccccc3)C(=O)[C@@H]2[C@H]2c3ccccc3C=C[NH+]21. The molecular weight excluding hydrogens is 352 g/mol. The van der Waals surface area contributed by atoms with E-state index in [4.69, 9.17) is 0 Å². The Morgan fingerprint density at radius 1 is 0.964 bits per heavy atom. The van der Waals surface area contributed by atoms with Crippen LogP contribution in [0.1, 0.15) is 29.7 Å². The number of Topliss-reactive ketones (excluding diaryl/α,β-unsaturated/α-hetero) is 1. The Labute approximate surface area is 163 Å². The largest absolute Gasteiger partial charge is 0.293 e. The zero-order chi connectivity index (χ0) is 19.4. The zero-order valence-corrected chi connectivity index (χ0v) is 15.5. The number of nitrogens with one attached hydrogen (secondary N) is 1. The van der Waals surface area contributed by atoms with Gasteiger partial charge >= 0.3 is 0 Å². The number of nitrogens with zero attached hydrogens (tertiary/aromatic N) is 1. The summed E-state index contributed by atoms with van der Waals surface area (Å²) >= 11 is 0. The molecule has 28 heavy (non-hydrogen) atoms. The number of imide groups is 1. The van der Waals surface area contributed by atoms with Crippen LogP contribution >= 0.6 is 0 Å². The van der Waals surface area contributed by atoms with E-state index in [0.717, 1.165) is 21.6 Å². The number of ketones is 1. The number of likely N-dealkylation sites (tertiary alicyclic amines) is 1. The average Bonchev–Trinajstić information content (AvgIpc) is 3.18. The van der Waals surface area contributed by atoms with E-state index in [2.05, 4.69) is 0 Å². The van der Waals surface area contributed by atoms with Crippen LogP contribution in [0, 0.1) is 11.8 Å². The monoisotopic (exact) mass is 373 g/mol. The van der Waals surface area contributed by atoms with Gasteiger partial charge in [-0.15, -0.1) is 0 Å². The standard InChI is InChI=1S/C23H20N2O3/c1-14(26)20-18-19(21-17-10-6-5-9-16(17)11-12-24(20)21)23(28)25(22(18)27)13-15-7-3-2-4-8-15/h2-12,18-21H,13H2,1H3/p+1/t18-,19+,20+,21-/m1/s1. The maximum atomic E-state index is 13.4. The summed E-state index contributed by atoms with van der Waals surface area (Å²) in [6.07, 6.45) is 3.95. The molecule has 1 unspecified atom stereocenters. The summed E-state index contributed by atoms with van der Waals surface area (Å²) < 4.78 is 0. The van der Waals surface area contributed by atoms with E-state index < -0.39 is 17.9 Å². The van der Waals surface area contributed by atoms with Gasteiger partial charge < -0.3 is 0 Å². The van der Waals surface area contributed by atoms with Gasteiger partial charge in [0.15, 0.2) is 11.8 Å². The van der Waals surface area contributed by atoms with Gasteiger partial charge in [0.05, 0.1) is 12.7 Å². The average molecular weight is 373 g/mol. The van der Waals surface area contributed by atoms with Crippen LogP contribution in [0.2, 0.25) is 0 Å². The van der Waals surface area contributed by atoms with Crippen LogP contribution in [0.25, 0.3) is 6.08 Å². The lowest BCUT2D eigenvalue weighted by atomic mass is 9.84. The Morgan fingerprint density at radius 2 is 1.64 bits per heavy atom. The quantitative estimate of drug-likeness (QED) is 0.827. The van der Waals surface area contributed by atoms with Crippen molar-refractivity contribution in [2.75, 3.05) is 0 Å². The van der Waals surface area contributed by atoms with Gasteiger partial charge in [-0.3, -0.25) is 24.2 Å². The van der Waals surface area contributed by atoms with Crippen LogP contribution in [0.3, 0.4) is 0 Å². The lowest BCUT2D eigenvalue weighted by molar-refractivity contribution is -0.884. The molecule has 0 saturated carbocycles. The number of amides is 2. The molecule has 5 rings (SSSR count). The zero-order valence-electron chi connectivity index (χ0n) is 15.5. The fourth-order valence-electron chi connectivity index (χ4n) is 5.21. The fourth-order valence-corrected chi connectivity index (χ4v) is 5.21. The van der Waals surface area contributed by atoms with E-state index in [-0.39, 0.29) is 30.2 Å². The molecule has 0 spiro atoms. The van der Waals surface area contributed by atoms with Crippen molar-refractivity contribution in [3.05, 3.63) is 77.5 Å². The minimum atomic E-state index is -0.593. The highest BCUT2D eigenvalue weighted by Crippen LogP contribution is 2.43. The number of hydrogen-bond donors (Lipinski definition) is 1. The molecule has 2 aromatic carbocycles. The Bertz CT molecular complexity index is 1010. The second-order valence-electron chi connectivity index (χ2n) is 7.83. The van der Waals surface area contributed by atoms with E-state index in [1.807, 2.05) is 66.9 Å². The summed E-state index contributed by atoms with van der Waals surface area (Å²) in [5, 5.41) is 0. The Morgan fingerprint density at radius 3 is 2.39 bits per heavy atom. The molecule has 0 aromatic heterocycles. The lowest BCUT2D eigenvalue weighted by Crippen LogP contribution is -3.12. The van der Waals surface area contributed by atoms with Crippen molar-refractivity contribution < 1.29 is 19.3 Å². The molecule has 2 saturated heterocycles. The first-order chi connectivity index (χ1) is 13.6. The molecule has 3 aliphatic heterocycles. The van der Waals surface area contributed by atoms with E-state index >= 15 is 0 Å². The van der Waals surface area contributed by atoms with Crippen molar-refractivity contribution in [3.63, 3.8) is 0 Å². The second kappa shape index (κ2) is 6.24. The molecule has 2 amide bonds. The molecule has 2 fully saturated rings. The number of carbonyl (C=O) groups is 3. The third-order valence-electron chi connectivity index (χ3n) is 6.33. The van der Waals surface area contributed by atoms with Crippen molar-refractivity contribution >= 4 is 23.7 Å². The predicted molar refractivity (Wildman–Crippen MR) is 103 cm³/mol. The highest BCUT2D eigenvalue weighted by Gasteiger charge is 2.67. The highest BCUT2D eigenvalue weighted by atomic mass is 16.2. The topological polar surface area (TPSA) is 58.9 Å². The number of rotatable bonds is 3. The molecule has 5 nitrogen and oxygen atoms in total. The van der Waals surface area contributed by atoms with Gasteiger partial charge in [0.2, 0.25) is 11.8 Å². The number of hydrogen-bond acceptors (Lipinski definition) is 3. The van der Waals surface area contributed by atoms with Gasteiger partial charge in [-0.25, -0.2) is 0 Å². The van der Waals surface area contributed by atoms with Crippen LogP contribution in [0.15, 0.2) is 60.8 Å². The van der Waals surface area contributed by atoms with Gasteiger partial charge in [0.1, 0.15) is 17.9 Å². The van der Waals surface area contributed by atoms with Crippen molar-refractivity contribution in [1.82, 2.24) is 4.90 Å². The number of fused-ring (bicyclic) bond motifs is 5. The van der Waals surface area contributed by atoms with Gasteiger partial charge in [-0.05, 0) is 17.2 Å². The fraction of sp³-hybridized carbons (Fsp3) is 0.261. The van der Waals surface area contributed by atoms with E-state index in [0.29, 0.717) is 0 Å². The van der Waals surface area contributed by atoms with Crippen LogP contribution in [0.4, 0.5) is 0 Å². The molecule has 0 radical (unpaired) electrons. The molecule has 3 aliphatic rings. The van der Waals surface area contributed by atoms with Crippen LogP contribution in [0.5, 0.6) is 0 Å². The van der Waals surface area contributed by atoms with Crippen molar-refractivity contribution in [1.29, 1.82) is 0 Å². The molecule has 2 aromatic rings. The Balaban J connectivity index is 1.58. The van der Waals surface area contributed by atoms with Gasteiger partial charge in [0.25, 0.3) is 0 Å². The molecule has 0 aliphatic carbocycles. The molecule has 140 valence electrons. The molecule has 5 atom stereocenters. The van der Waals surface area contributed by atoms with Crippen LogP contribution in [-0.2, 0) is 20.9 Å². The lowest BCUT2D eigenvalue weighted by Gasteiger charge is -2.30. The third-order valence-corrected chi connectivity index (χ3v) is 6.33. The van der Waals surface area contributed by atoms with Crippen molar-refractivity contribution in [3.8, 4) is 0 Å². The van der Waals surface area contributed by atoms with Crippen molar-refractivity contribution in [2.24, 2.45) is 11.8 Å². The maximum Gasteiger partial charge on any atom is 0.240 e. The molecule has 5 heteroatoms. The number of carbonyl (C=O) groups excluding carboxylic acids is 3. The second-order valence-corrected chi connectivity index (χ2v) is 7.83. The van der Waals surface area contributed by atoms with E-state index in [1.54, 1.807) is 0 Å². The van der Waals surface area contributed by atoms with E-state index in [9.17, 15) is 14.4 Å². The summed E-state index contributed by atoms with van der Waals surface area (Å²) in [7, 11) is 0.